The molecule has 3 rings (SSSR count). The van der Waals surface area contributed by atoms with Gasteiger partial charge in [0.2, 0.25) is 0 Å². The predicted octanol–water partition coefficient (Wildman–Crippen LogP) is 4.14. The Morgan fingerprint density at radius 1 is 1.07 bits per heavy atom. The van der Waals surface area contributed by atoms with E-state index in [1.807, 2.05) is 65.5 Å². The Morgan fingerprint density at radius 2 is 1.59 bits per heavy atom. The van der Waals surface area contributed by atoms with Gasteiger partial charge in [-0.2, -0.15) is 0 Å². The first kappa shape index (κ1) is 20.2. The van der Waals surface area contributed by atoms with Crippen LogP contribution in [-0.2, 0) is 9.31 Å². The number of hydrogen-bond donors (Lipinski definition) is 0. The summed E-state index contributed by atoms with van der Waals surface area (Å²) in [7, 11) is -0.416. The van der Waals surface area contributed by atoms with Gasteiger partial charge in [0, 0.05) is 11.6 Å². The summed E-state index contributed by atoms with van der Waals surface area (Å²) in [6.07, 6.45) is 2.99. The Balaban J connectivity index is 1.68. The highest BCUT2D eigenvalue weighted by Gasteiger charge is 2.51. The normalized spacial score (nSPS) is 21.7. The molecule has 0 atom stereocenters. The molecule has 0 bridgehead atoms. The van der Waals surface area contributed by atoms with Crippen molar-refractivity contribution in [1.29, 1.82) is 0 Å². The fourth-order valence-corrected chi connectivity index (χ4v) is 3.44. The molecule has 1 saturated heterocycles. The van der Waals surface area contributed by atoms with Crippen LogP contribution in [0.15, 0.2) is 24.3 Å². The molecule has 2 aliphatic rings. The lowest BCUT2D eigenvalue weighted by atomic mass is 9.79. The third-order valence-corrected chi connectivity index (χ3v) is 5.97. The van der Waals surface area contributed by atoms with Crippen LogP contribution in [0.25, 0.3) is 0 Å². The van der Waals surface area contributed by atoms with Crippen molar-refractivity contribution in [2.75, 3.05) is 0 Å². The van der Waals surface area contributed by atoms with E-state index in [0.717, 1.165) is 18.3 Å². The highest BCUT2D eigenvalue weighted by molar-refractivity contribution is 6.62. The molecule has 1 aliphatic heterocycles. The van der Waals surface area contributed by atoms with Crippen LogP contribution >= 0.6 is 0 Å². The molecular weight excluding hydrogens is 341 g/mol. The van der Waals surface area contributed by atoms with E-state index in [0.29, 0.717) is 5.75 Å². The number of carbonyl (C=O) groups excluding carboxylic acids is 1. The zero-order chi connectivity index (χ0) is 20.0. The summed E-state index contributed by atoms with van der Waals surface area (Å²) < 4.78 is 17.8. The van der Waals surface area contributed by atoms with Crippen molar-refractivity contribution in [1.82, 2.24) is 4.90 Å². The number of hydrogen-bond acceptors (Lipinski definition) is 4. The third kappa shape index (κ3) is 4.02. The maximum atomic E-state index is 12.8. The van der Waals surface area contributed by atoms with Crippen LogP contribution in [0, 0.1) is 0 Å². The molecule has 1 amide bonds. The van der Waals surface area contributed by atoms with Crippen molar-refractivity contribution in [2.24, 2.45) is 0 Å². The zero-order valence-electron chi connectivity index (χ0n) is 17.7. The van der Waals surface area contributed by atoms with Crippen LogP contribution in [0.1, 0.15) is 67.7 Å². The van der Waals surface area contributed by atoms with Gasteiger partial charge in [0.25, 0.3) is 0 Å². The number of benzene rings is 1. The van der Waals surface area contributed by atoms with Gasteiger partial charge >= 0.3 is 13.2 Å². The Bertz CT molecular complexity index is 673. The van der Waals surface area contributed by atoms with E-state index in [-0.39, 0.29) is 28.9 Å². The van der Waals surface area contributed by atoms with Gasteiger partial charge in [-0.05, 0) is 85.3 Å². The van der Waals surface area contributed by atoms with Gasteiger partial charge in [-0.1, -0.05) is 12.1 Å². The number of ether oxygens (including phenoxy) is 1. The van der Waals surface area contributed by atoms with Crippen molar-refractivity contribution >= 4 is 18.7 Å². The van der Waals surface area contributed by atoms with Crippen molar-refractivity contribution < 1.29 is 18.8 Å². The smallest absolute Gasteiger partial charge is 0.410 e. The summed E-state index contributed by atoms with van der Waals surface area (Å²) in [5.74, 6) is 0.536. The molecule has 0 radical (unpaired) electrons. The quantitative estimate of drug-likeness (QED) is 0.748. The molecule has 0 spiro atoms. The van der Waals surface area contributed by atoms with Crippen molar-refractivity contribution in [3.63, 3.8) is 0 Å². The van der Waals surface area contributed by atoms with E-state index in [2.05, 4.69) is 0 Å². The van der Waals surface area contributed by atoms with Gasteiger partial charge in [0.1, 0.15) is 5.75 Å². The molecule has 1 aromatic rings. The first-order valence-electron chi connectivity index (χ1n) is 9.87. The van der Waals surface area contributed by atoms with E-state index in [4.69, 9.17) is 14.0 Å². The van der Waals surface area contributed by atoms with Crippen molar-refractivity contribution in [3.05, 3.63) is 24.3 Å². The summed E-state index contributed by atoms with van der Waals surface area (Å²) in [6.45, 7) is 14.3. The van der Waals surface area contributed by atoms with E-state index in [9.17, 15) is 4.79 Å². The zero-order valence-corrected chi connectivity index (χ0v) is 17.7. The fourth-order valence-electron chi connectivity index (χ4n) is 3.44. The van der Waals surface area contributed by atoms with Crippen molar-refractivity contribution in [3.8, 4) is 5.75 Å². The average molecular weight is 373 g/mol. The molecular formula is C21H32BNO4. The summed E-state index contributed by atoms with van der Waals surface area (Å²) in [4.78, 5) is 14.6. The van der Waals surface area contributed by atoms with Gasteiger partial charge < -0.3 is 18.9 Å². The maximum Gasteiger partial charge on any atom is 0.494 e. The third-order valence-electron chi connectivity index (χ3n) is 5.97. The Morgan fingerprint density at radius 3 is 2.00 bits per heavy atom. The molecule has 5 nitrogen and oxygen atoms in total. The highest BCUT2D eigenvalue weighted by atomic mass is 16.7. The monoisotopic (exact) mass is 373 g/mol. The molecule has 0 aromatic heterocycles. The number of nitrogens with zero attached hydrogens (tertiary/aromatic N) is 1. The lowest BCUT2D eigenvalue weighted by Gasteiger charge is -2.44. The number of rotatable bonds is 3. The first-order valence-corrected chi connectivity index (χ1v) is 9.87. The maximum absolute atomic E-state index is 12.8. The van der Waals surface area contributed by atoms with E-state index in [1.54, 1.807) is 12.1 Å². The fraction of sp³-hybridized carbons (Fsp3) is 0.667. The van der Waals surface area contributed by atoms with Gasteiger partial charge in [-0.15, -0.1) is 0 Å². The molecule has 1 heterocycles. The summed E-state index contributed by atoms with van der Waals surface area (Å²) in [5.41, 5.74) is -0.0948. The Hall–Kier alpha value is -1.53. The second-order valence-corrected chi connectivity index (χ2v) is 9.65. The van der Waals surface area contributed by atoms with Crippen LogP contribution < -0.4 is 10.2 Å². The lowest BCUT2D eigenvalue weighted by Crippen LogP contribution is -2.55. The molecule has 0 unspecified atom stereocenters. The molecule has 27 heavy (non-hydrogen) atoms. The SMILES string of the molecule is CC(C)(C)N(C(=O)Oc1ccc(B2OC(C)(C)C(C)(C)O2)cc1)C1CCC1. The first-order chi connectivity index (χ1) is 12.4. The predicted molar refractivity (Wildman–Crippen MR) is 107 cm³/mol. The minimum Gasteiger partial charge on any atom is -0.410 e. The Kier molecular flexibility index (Phi) is 5.11. The van der Waals surface area contributed by atoms with Crippen LogP contribution in [0.5, 0.6) is 5.75 Å². The van der Waals surface area contributed by atoms with Crippen LogP contribution in [0.2, 0.25) is 0 Å². The van der Waals surface area contributed by atoms with Gasteiger partial charge in [-0.3, -0.25) is 0 Å². The molecule has 6 heteroatoms. The topological polar surface area (TPSA) is 48.0 Å². The lowest BCUT2D eigenvalue weighted by molar-refractivity contribution is 0.00578. The highest BCUT2D eigenvalue weighted by Crippen LogP contribution is 2.36. The second-order valence-electron chi connectivity index (χ2n) is 9.65. The van der Waals surface area contributed by atoms with Gasteiger partial charge in [0.05, 0.1) is 11.2 Å². The number of amides is 1. The van der Waals surface area contributed by atoms with Gasteiger partial charge in [-0.25, -0.2) is 4.79 Å². The minimum absolute atomic E-state index is 0.259. The molecule has 1 aromatic carbocycles. The van der Waals surface area contributed by atoms with E-state index >= 15 is 0 Å². The van der Waals surface area contributed by atoms with Gasteiger partial charge in [0.15, 0.2) is 0 Å². The molecule has 148 valence electrons. The van der Waals surface area contributed by atoms with Crippen LogP contribution in [0.4, 0.5) is 4.79 Å². The Labute approximate surface area is 163 Å². The van der Waals surface area contributed by atoms with E-state index in [1.165, 1.54) is 6.42 Å². The summed E-state index contributed by atoms with van der Waals surface area (Å²) >= 11 is 0. The standard InChI is InChI=1S/C21H32BNO4/c1-19(2,3)23(16-9-8-10-16)18(24)25-17-13-11-15(12-14-17)22-26-20(4,5)21(6,7)27-22/h11-14,16H,8-10H2,1-7H3. The summed E-state index contributed by atoms with van der Waals surface area (Å²) in [5, 5.41) is 0. The molecule has 2 fully saturated rings. The average Bonchev–Trinajstić information content (AvgIpc) is 2.70. The van der Waals surface area contributed by atoms with Crippen LogP contribution in [-0.4, -0.2) is 40.9 Å². The van der Waals surface area contributed by atoms with Crippen LogP contribution in [0.3, 0.4) is 0 Å². The number of carbonyl (C=O) groups is 1. The second kappa shape index (κ2) is 6.82. The molecule has 1 saturated carbocycles. The minimum atomic E-state index is -0.416. The molecule has 1 aliphatic carbocycles. The van der Waals surface area contributed by atoms with E-state index < -0.39 is 7.12 Å². The van der Waals surface area contributed by atoms with Crippen molar-refractivity contribution in [2.45, 2.75) is 90.5 Å². The summed E-state index contributed by atoms with van der Waals surface area (Å²) in [6, 6.07) is 7.69. The largest absolute Gasteiger partial charge is 0.494 e. The molecule has 0 N–H and O–H groups in total.